The molecule has 7 heteroatoms. The first-order valence-corrected chi connectivity index (χ1v) is 9.43. The molecule has 1 N–H and O–H groups in total. The van der Waals surface area contributed by atoms with Crippen LogP contribution >= 0.6 is 0 Å². The summed E-state index contributed by atoms with van der Waals surface area (Å²) in [4.78, 5) is 33.0. The number of aromatic nitrogens is 1. The van der Waals surface area contributed by atoms with Crippen LogP contribution in [0.15, 0.2) is 42.6 Å². The Kier molecular flexibility index (Phi) is 6.13. The molecule has 2 aromatic rings. The first-order chi connectivity index (χ1) is 13.5. The van der Waals surface area contributed by atoms with E-state index in [0.717, 1.165) is 18.9 Å². The number of methoxy groups -OCH3 is 1. The van der Waals surface area contributed by atoms with Crippen LogP contribution in [0.3, 0.4) is 0 Å². The second-order valence-electron chi connectivity index (χ2n) is 7.06. The van der Waals surface area contributed by atoms with E-state index in [-0.39, 0.29) is 17.7 Å². The highest BCUT2D eigenvalue weighted by atomic mass is 16.5. The van der Waals surface area contributed by atoms with E-state index >= 15 is 0 Å². The number of benzene rings is 1. The van der Waals surface area contributed by atoms with Gasteiger partial charge < -0.3 is 19.9 Å². The average molecular weight is 382 g/mol. The van der Waals surface area contributed by atoms with Crippen LogP contribution in [0.5, 0.6) is 5.75 Å². The predicted octanol–water partition coefficient (Wildman–Crippen LogP) is 2.65. The van der Waals surface area contributed by atoms with Gasteiger partial charge >= 0.3 is 0 Å². The number of carbonyl (C=O) groups is 2. The molecule has 1 aliphatic heterocycles. The lowest BCUT2D eigenvalue weighted by molar-refractivity contribution is -0.134. The summed E-state index contributed by atoms with van der Waals surface area (Å²) in [5.74, 6) is 1.49. The van der Waals surface area contributed by atoms with Crippen molar-refractivity contribution in [3.8, 4) is 5.75 Å². The first-order valence-electron chi connectivity index (χ1n) is 9.43. The summed E-state index contributed by atoms with van der Waals surface area (Å²) in [7, 11) is 1.57. The normalized spacial score (nSPS) is 14.1. The van der Waals surface area contributed by atoms with Gasteiger partial charge in [-0.2, -0.15) is 0 Å². The Hall–Kier alpha value is -3.09. The number of nitrogens with one attached hydrogen (secondary N) is 1. The van der Waals surface area contributed by atoms with Gasteiger partial charge in [0, 0.05) is 37.7 Å². The smallest absolute Gasteiger partial charge is 0.255 e. The summed E-state index contributed by atoms with van der Waals surface area (Å²) in [5, 5.41) is 2.85. The van der Waals surface area contributed by atoms with Crippen molar-refractivity contribution in [1.29, 1.82) is 0 Å². The molecule has 2 amide bonds. The van der Waals surface area contributed by atoms with Crippen molar-refractivity contribution < 1.29 is 14.3 Å². The fourth-order valence-electron chi connectivity index (χ4n) is 3.14. The molecule has 0 saturated carbocycles. The SMILES string of the molecule is COc1cccc(C(=O)Nc2ccc(N3CCN(C(=O)C(C)C)CC3)nc2)c1. The monoisotopic (exact) mass is 382 g/mol. The molecule has 148 valence electrons. The summed E-state index contributed by atoms with van der Waals surface area (Å²) in [6.07, 6.45) is 1.65. The number of amides is 2. The van der Waals surface area contributed by atoms with Crippen molar-refractivity contribution in [2.75, 3.05) is 43.5 Å². The fraction of sp³-hybridized carbons (Fsp3) is 0.381. The minimum absolute atomic E-state index is 0.0251. The van der Waals surface area contributed by atoms with Gasteiger partial charge in [-0.1, -0.05) is 19.9 Å². The van der Waals surface area contributed by atoms with Gasteiger partial charge in [-0.25, -0.2) is 4.98 Å². The molecule has 1 aromatic carbocycles. The van der Waals surface area contributed by atoms with E-state index in [1.807, 2.05) is 30.9 Å². The third-order valence-corrected chi connectivity index (χ3v) is 4.75. The lowest BCUT2D eigenvalue weighted by Crippen LogP contribution is -2.50. The van der Waals surface area contributed by atoms with Gasteiger partial charge in [0.25, 0.3) is 5.91 Å². The van der Waals surface area contributed by atoms with Gasteiger partial charge in [0.15, 0.2) is 0 Å². The molecular formula is C21H26N4O3. The van der Waals surface area contributed by atoms with Gasteiger partial charge in [0.1, 0.15) is 11.6 Å². The van der Waals surface area contributed by atoms with Crippen molar-refractivity contribution in [2.24, 2.45) is 5.92 Å². The van der Waals surface area contributed by atoms with E-state index in [4.69, 9.17) is 4.74 Å². The van der Waals surface area contributed by atoms with Gasteiger partial charge in [-0.3, -0.25) is 9.59 Å². The number of carbonyl (C=O) groups excluding carboxylic acids is 2. The quantitative estimate of drug-likeness (QED) is 0.861. The van der Waals surface area contributed by atoms with Crippen LogP contribution in [0.2, 0.25) is 0 Å². The maximum Gasteiger partial charge on any atom is 0.255 e. The Morgan fingerprint density at radius 2 is 1.86 bits per heavy atom. The fourth-order valence-corrected chi connectivity index (χ4v) is 3.14. The van der Waals surface area contributed by atoms with E-state index < -0.39 is 0 Å². The molecule has 0 aliphatic carbocycles. The summed E-state index contributed by atoms with van der Waals surface area (Å²) in [6.45, 7) is 6.76. The summed E-state index contributed by atoms with van der Waals surface area (Å²) in [5.41, 5.74) is 1.15. The van der Waals surface area contributed by atoms with Gasteiger partial charge in [-0.05, 0) is 30.3 Å². The van der Waals surface area contributed by atoms with Gasteiger partial charge in [-0.15, -0.1) is 0 Å². The predicted molar refractivity (Wildman–Crippen MR) is 109 cm³/mol. The highest BCUT2D eigenvalue weighted by molar-refractivity contribution is 6.04. The second-order valence-corrected chi connectivity index (χ2v) is 7.06. The van der Waals surface area contributed by atoms with Gasteiger partial charge in [0.2, 0.25) is 5.91 Å². The van der Waals surface area contributed by atoms with Crippen molar-refractivity contribution >= 4 is 23.3 Å². The van der Waals surface area contributed by atoms with Crippen LogP contribution in [0.4, 0.5) is 11.5 Å². The van der Waals surface area contributed by atoms with Crippen molar-refractivity contribution in [1.82, 2.24) is 9.88 Å². The summed E-state index contributed by atoms with van der Waals surface area (Å²) >= 11 is 0. The van der Waals surface area contributed by atoms with Crippen molar-refractivity contribution in [2.45, 2.75) is 13.8 Å². The maximum atomic E-state index is 12.4. The van der Waals surface area contributed by atoms with E-state index in [1.165, 1.54) is 0 Å². The Labute approximate surface area is 165 Å². The Bertz CT molecular complexity index is 828. The number of ether oxygens (including phenoxy) is 1. The molecule has 28 heavy (non-hydrogen) atoms. The zero-order valence-corrected chi connectivity index (χ0v) is 16.5. The standard InChI is InChI=1S/C21H26N4O3/c1-15(2)21(27)25-11-9-24(10-12-25)19-8-7-17(14-22-19)23-20(26)16-5-4-6-18(13-16)28-3/h4-8,13-15H,9-12H2,1-3H3,(H,23,26). The number of hydrogen-bond donors (Lipinski definition) is 1. The molecule has 0 unspecified atom stereocenters. The van der Waals surface area contributed by atoms with E-state index in [1.54, 1.807) is 37.6 Å². The molecule has 1 fully saturated rings. The lowest BCUT2D eigenvalue weighted by atomic mass is 10.1. The molecule has 0 bridgehead atoms. The van der Waals surface area contributed by atoms with Crippen LogP contribution < -0.4 is 15.0 Å². The topological polar surface area (TPSA) is 74.8 Å². The Morgan fingerprint density at radius 3 is 2.46 bits per heavy atom. The van der Waals surface area contributed by atoms with Crippen LogP contribution in [-0.2, 0) is 4.79 Å². The molecule has 0 radical (unpaired) electrons. The van der Waals surface area contributed by atoms with Crippen LogP contribution in [-0.4, -0.2) is 55.0 Å². The molecular weight excluding hydrogens is 356 g/mol. The van der Waals surface area contributed by atoms with E-state index in [2.05, 4.69) is 15.2 Å². The van der Waals surface area contributed by atoms with Crippen LogP contribution in [0.1, 0.15) is 24.2 Å². The summed E-state index contributed by atoms with van der Waals surface area (Å²) < 4.78 is 5.15. The minimum Gasteiger partial charge on any atom is -0.497 e. The average Bonchev–Trinajstić information content (AvgIpc) is 2.74. The third-order valence-electron chi connectivity index (χ3n) is 4.75. The molecule has 0 atom stereocenters. The number of rotatable bonds is 5. The molecule has 1 aliphatic rings. The molecule has 1 aromatic heterocycles. The van der Waals surface area contributed by atoms with Crippen molar-refractivity contribution in [3.63, 3.8) is 0 Å². The second kappa shape index (κ2) is 8.73. The molecule has 3 rings (SSSR count). The zero-order chi connectivity index (χ0) is 20.1. The number of pyridine rings is 1. The molecule has 2 heterocycles. The van der Waals surface area contributed by atoms with E-state index in [9.17, 15) is 9.59 Å². The Morgan fingerprint density at radius 1 is 1.11 bits per heavy atom. The zero-order valence-electron chi connectivity index (χ0n) is 16.5. The van der Waals surface area contributed by atoms with Crippen LogP contribution in [0.25, 0.3) is 0 Å². The highest BCUT2D eigenvalue weighted by Crippen LogP contribution is 2.18. The molecule has 7 nitrogen and oxygen atoms in total. The van der Waals surface area contributed by atoms with Crippen molar-refractivity contribution in [3.05, 3.63) is 48.2 Å². The molecule has 1 saturated heterocycles. The summed E-state index contributed by atoms with van der Waals surface area (Å²) in [6, 6.07) is 10.7. The number of anilines is 2. The molecule has 0 spiro atoms. The third kappa shape index (κ3) is 4.60. The van der Waals surface area contributed by atoms with Gasteiger partial charge in [0.05, 0.1) is 19.0 Å². The van der Waals surface area contributed by atoms with Crippen LogP contribution in [0, 0.1) is 5.92 Å². The number of piperazine rings is 1. The maximum absolute atomic E-state index is 12.4. The Balaban J connectivity index is 1.58. The lowest BCUT2D eigenvalue weighted by Gasteiger charge is -2.36. The first kappa shape index (κ1) is 19.7. The number of hydrogen-bond acceptors (Lipinski definition) is 5. The number of nitrogens with zero attached hydrogens (tertiary/aromatic N) is 3. The largest absolute Gasteiger partial charge is 0.497 e. The minimum atomic E-state index is -0.214. The van der Waals surface area contributed by atoms with E-state index in [0.29, 0.717) is 30.1 Å². The highest BCUT2D eigenvalue weighted by Gasteiger charge is 2.23.